The van der Waals surface area contributed by atoms with E-state index in [1.165, 1.54) is 0 Å². The summed E-state index contributed by atoms with van der Waals surface area (Å²) in [5.74, 6) is 1.67. The summed E-state index contributed by atoms with van der Waals surface area (Å²) in [4.78, 5) is 21.2. The zero-order chi connectivity index (χ0) is 20.6. The maximum absolute atomic E-state index is 12.7. The van der Waals surface area contributed by atoms with Crippen molar-refractivity contribution in [3.8, 4) is 5.75 Å². The molecule has 1 aliphatic heterocycles. The van der Waals surface area contributed by atoms with Gasteiger partial charge in [-0.3, -0.25) is 9.48 Å². The summed E-state index contributed by atoms with van der Waals surface area (Å²) in [5, 5.41) is 7.47. The fourth-order valence-electron chi connectivity index (χ4n) is 3.22. The van der Waals surface area contributed by atoms with E-state index in [0.29, 0.717) is 32.8 Å². The molecule has 0 bridgehead atoms. The molecule has 2 heterocycles. The van der Waals surface area contributed by atoms with E-state index in [0.717, 1.165) is 35.9 Å². The highest BCUT2D eigenvalue weighted by molar-refractivity contribution is 5.98. The van der Waals surface area contributed by atoms with Gasteiger partial charge in [-0.1, -0.05) is 19.1 Å². The molecule has 156 valence electrons. The predicted octanol–water partition coefficient (Wildman–Crippen LogP) is 2.02. The minimum absolute atomic E-state index is 0.0461. The maximum atomic E-state index is 12.7. The Morgan fingerprint density at radius 3 is 2.86 bits per heavy atom. The molecule has 0 radical (unpaired) electrons. The van der Waals surface area contributed by atoms with Crippen molar-refractivity contribution in [3.05, 3.63) is 42.2 Å². The molecule has 2 aromatic rings. The van der Waals surface area contributed by atoms with Crippen LogP contribution in [0.15, 0.2) is 41.7 Å². The van der Waals surface area contributed by atoms with Gasteiger partial charge < -0.3 is 19.9 Å². The maximum Gasteiger partial charge on any atom is 0.246 e. The molecule has 0 aliphatic carbocycles. The van der Waals surface area contributed by atoms with Gasteiger partial charge in [-0.05, 0) is 31.0 Å². The zero-order valence-corrected chi connectivity index (χ0v) is 17.5. The van der Waals surface area contributed by atoms with Crippen molar-refractivity contribution in [2.45, 2.75) is 26.8 Å². The van der Waals surface area contributed by atoms with Gasteiger partial charge in [-0.2, -0.15) is 5.10 Å². The van der Waals surface area contributed by atoms with Crippen molar-refractivity contribution >= 4 is 17.6 Å². The Morgan fingerprint density at radius 1 is 1.31 bits per heavy atom. The van der Waals surface area contributed by atoms with Crippen LogP contribution in [0.1, 0.15) is 25.8 Å². The van der Waals surface area contributed by atoms with E-state index in [1.54, 1.807) is 15.8 Å². The number of rotatable bonds is 7. The van der Waals surface area contributed by atoms with Gasteiger partial charge in [-0.25, -0.2) is 4.99 Å². The van der Waals surface area contributed by atoms with Gasteiger partial charge in [0, 0.05) is 32.9 Å². The number of anilines is 1. The van der Waals surface area contributed by atoms with Crippen LogP contribution in [0.2, 0.25) is 0 Å². The third kappa shape index (κ3) is 5.49. The molecular formula is C21H30N6O2. The number of aliphatic imine (C=N–C) groups is 1. The minimum atomic E-state index is 0.0461. The first-order valence-electron chi connectivity index (χ1n) is 10.1. The lowest BCUT2D eigenvalue weighted by Crippen LogP contribution is -2.55. The number of piperazine rings is 1. The van der Waals surface area contributed by atoms with Crippen LogP contribution in [0.25, 0.3) is 0 Å². The van der Waals surface area contributed by atoms with Gasteiger partial charge in [0.2, 0.25) is 5.91 Å². The minimum Gasteiger partial charge on any atom is -0.494 e. The van der Waals surface area contributed by atoms with Gasteiger partial charge in [0.1, 0.15) is 12.3 Å². The fraction of sp³-hybridized carbons (Fsp3) is 0.476. The average Bonchev–Trinajstić information content (AvgIpc) is 3.15. The van der Waals surface area contributed by atoms with Gasteiger partial charge in [-0.15, -0.1) is 0 Å². The topological polar surface area (TPSA) is 75.0 Å². The molecule has 1 fully saturated rings. The molecule has 8 nitrogen and oxygen atoms in total. The van der Waals surface area contributed by atoms with Crippen LogP contribution in [0, 0.1) is 0 Å². The molecule has 1 N–H and O–H groups in total. The van der Waals surface area contributed by atoms with Crippen molar-refractivity contribution in [1.82, 2.24) is 20.0 Å². The average molecular weight is 399 g/mol. The summed E-state index contributed by atoms with van der Waals surface area (Å²) < 4.78 is 7.41. The molecule has 0 atom stereocenters. The first-order valence-corrected chi connectivity index (χ1v) is 10.1. The molecule has 1 aliphatic rings. The largest absolute Gasteiger partial charge is 0.494 e. The van der Waals surface area contributed by atoms with E-state index < -0.39 is 0 Å². The second kappa shape index (κ2) is 9.95. The molecule has 0 unspecified atom stereocenters. The van der Waals surface area contributed by atoms with Gasteiger partial charge >= 0.3 is 0 Å². The Bertz CT molecular complexity index is 847. The number of nitrogens with one attached hydrogen (secondary N) is 1. The lowest BCUT2D eigenvalue weighted by Gasteiger charge is -2.35. The number of nitrogens with zero attached hydrogens (tertiary/aromatic N) is 5. The van der Waals surface area contributed by atoms with Crippen LogP contribution in [-0.2, 0) is 18.4 Å². The summed E-state index contributed by atoms with van der Waals surface area (Å²) in [6, 6.07) is 8.01. The van der Waals surface area contributed by atoms with Crippen LogP contribution in [0.5, 0.6) is 5.75 Å². The van der Waals surface area contributed by atoms with Gasteiger partial charge in [0.05, 0.1) is 25.0 Å². The second-order valence-electron chi connectivity index (χ2n) is 7.01. The Morgan fingerprint density at radius 2 is 2.17 bits per heavy atom. The van der Waals surface area contributed by atoms with E-state index >= 15 is 0 Å². The summed E-state index contributed by atoms with van der Waals surface area (Å²) in [6.45, 7) is 7.72. The number of aryl methyl sites for hydroxylation is 1. The highest BCUT2D eigenvalue weighted by Gasteiger charge is 2.27. The second-order valence-corrected chi connectivity index (χ2v) is 7.01. The van der Waals surface area contributed by atoms with Crippen LogP contribution >= 0.6 is 0 Å². The van der Waals surface area contributed by atoms with E-state index in [2.05, 4.69) is 17.3 Å². The van der Waals surface area contributed by atoms with Crippen molar-refractivity contribution < 1.29 is 9.53 Å². The molecule has 1 aromatic heterocycles. The fourth-order valence-corrected chi connectivity index (χ4v) is 3.22. The number of ether oxygens (including phenoxy) is 1. The van der Waals surface area contributed by atoms with Crippen molar-refractivity contribution in [2.75, 3.05) is 37.7 Å². The number of hydrogen-bond acceptors (Lipinski definition) is 4. The lowest BCUT2D eigenvalue weighted by atomic mass is 10.2. The molecular weight excluding hydrogens is 368 g/mol. The smallest absolute Gasteiger partial charge is 0.246 e. The molecule has 3 rings (SSSR count). The van der Waals surface area contributed by atoms with Gasteiger partial charge in [0.15, 0.2) is 5.96 Å². The number of guanidine groups is 1. The third-order valence-corrected chi connectivity index (χ3v) is 4.64. The van der Waals surface area contributed by atoms with E-state index in [-0.39, 0.29) is 5.91 Å². The zero-order valence-electron chi connectivity index (χ0n) is 17.5. The quantitative estimate of drug-likeness (QED) is 0.571. The number of amides is 1. The van der Waals surface area contributed by atoms with Crippen LogP contribution in [-0.4, -0.2) is 59.3 Å². The van der Waals surface area contributed by atoms with Crippen LogP contribution in [0.4, 0.5) is 5.69 Å². The Balaban J connectivity index is 1.66. The van der Waals surface area contributed by atoms with E-state index in [4.69, 9.17) is 9.73 Å². The lowest BCUT2D eigenvalue weighted by molar-refractivity contribution is -0.120. The summed E-state index contributed by atoms with van der Waals surface area (Å²) in [6.07, 6.45) is 4.56. The molecule has 29 heavy (non-hydrogen) atoms. The molecule has 8 heteroatoms. The molecule has 1 aromatic carbocycles. The predicted molar refractivity (Wildman–Crippen MR) is 114 cm³/mol. The summed E-state index contributed by atoms with van der Waals surface area (Å²) >= 11 is 0. The number of hydrogen-bond donors (Lipinski definition) is 1. The van der Waals surface area contributed by atoms with E-state index in [9.17, 15) is 4.79 Å². The van der Waals surface area contributed by atoms with Crippen molar-refractivity contribution in [3.63, 3.8) is 0 Å². The third-order valence-electron chi connectivity index (χ3n) is 4.64. The van der Waals surface area contributed by atoms with Gasteiger partial charge in [0.25, 0.3) is 0 Å². The Labute approximate surface area is 172 Å². The highest BCUT2D eigenvalue weighted by atomic mass is 16.5. The van der Waals surface area contributed by atoms with Crippen LogP contribution in [0.3, 0.4) is 0 Å². The van der Waals surface area contributed by atoms with Crippen LogP contribution < -0.4 is 15.0 Å². The molecule has 1 saturated heterocycles. The molecule has 0 spiro atoms. The number of carbonyl (C=O) groups excluding carboxylic acids is 1. The Kier molecular flexibility index (Phi) is 7.10. The van der Waals surface area contributed by atoms with Crippen molar-refractivity contribution in [2.24, 2.45) is 12.0 Å². The molecule has 1 amide bonds. The first kappa shape index (κ1) is 20.7. The number of benzene rings is 1. The normalized spacial score (nSPS) is 15.0. The standard InChI is InChI=1S/C21H30N6O2/c1-4-11-29-19-8-6-7-17(12-19)13-23-21(22-5-2)26-9-10-27(20(28)16-26)18-14-24-25(3)15-18/h6-8,12,14-15H,4-5,9-11,13,16H2,1-3H3,(H,22,23). The number of aromatic nitrogens is 2. The Hall–Kier alpha value is -3.03. The summed E-state index contributed by atoms with van der Waals surface area (Å²) in [7, 11) is 1.85. The highest BCUT2D eigenvalue weighted by Crippen LogP contribution is 2.17. The SMILES string of the molecule is CCCOc1cccc(CN=C(NCC)N2CCN(c3cnn(C)c3)C(=O)C2)c1. The number of carbonyl (C=O) groups is 1. The monoisotopic (exact) mass is 398 g/mol. The van der Waals surface area contributed by atoms with Crippen molar-refractivity contribution in [1.29, 1.82) is 0 Å². The van der Waals surface area contributed by atoms with E-state index in [1.807, 2.05) is 49.3 Å². The first-order chi connectivity index (χ1) is 14.1. The summed E-state index contributed by atoms with van der Waals surface area (Å²) in [5.41, 5.74) is 1.91. The molecule has 0 saturated carbocycles.